The SMILES string of the molecule is C=CC(C(C)C)C(C)CC(=C)N. The maximum absolute atomic E-state index is 5.56. The first-order valence-electron chi connectivity index (χ1n) is 4.54. The van der Waals surface area contributed by atoms with Crippen molar-refractivity contribution in [3.05, 3.63) is 24.9 Å². The summed E-state index contributed by atoms with van der Waals surface area (Å²) < 4.78 is 0. The smallest absolute Gasteiger partial charge is 0.00103 e. The molecule has 0 saturated heterocycles. The fraction of sp³-hybridized carbons (Fsp3) is 0.636. The summed E-state index contributed by atoms with van der Waals surface area (Å²) in [4.78, 5) is 0. The van der Waals surface area contributed by atoms with Crippen LogP contribution < -0.4 is 5.73 Å². The number of nitrogens with two attached hydrogens (primary N) is 1. The van der Waals surface area contributed by atoms with Crippen LogP contribution in [0.2, 0.25) is 0 Å². The summed E-state index contributed by atoms with van der Waals surface area (Å²) in [5, 5.41) is 0. The van der Waals surface area contributed by atoms with Gasteiger partial charge in [-0.05, 0) is 24.2 Å². The van der Waals surface area contributed by atoms with Crippen molar-refractivity contribution >= 4 is 0 Å². The fourth-order valence-corrected chi connectivity index (χ4v) is 1.71. The van der Waals surface area contributed by atoms with Gasteiger partial charge in [0.25, 0.3) is 0 Å². The predicted molar refractivity (Wildman–Crippen MR) is 55.6 cm³/mol. The second-order valence-corrected chi connectivity index (χ2v) is 3.90. The maximum atomic E-state index is 5.56. The van der Waals surface area contributed by atoms with Crippen LogP contribution in [0.3, 0.4) is 0 Å². The van der Waals surface area contributed by atoms with E-state index in [1.165, 1.54) is 0 Å². The highest BCUT2D eigenvalue weighted by molar-refractivity contribution is 4.93. The first-order chi connectivity index (χ1) is 5.49. The average molecular weight is 167 g/mol. The Morgan fingerprint density at radius 2 is 1.92 bits per heavy atom. The Balaban J connectivity index is 4.11. The van der Waals surface area contributed by atoms with E-state index in [0.29, 0.717) is 17.8 Å². The van der Waals surface area contributed by atoms with Crippen LogP contribution in [-0.2, 0) is 0 Å². The lowest BCUT2D eigenvalue weighted by atomic mass is 9.82. The fourth-order valence-electron chi connectivity index (χ4n) is 1.71. The number of hydrogen-bond acceptors (Lipinski definition) is 1. The molecule has 70 valence electrons. The molecule has 0 heterocycles. The molecule has 2 atom stereocenters. The van der Waals surface area contributed by atoms with Crippen LogP contribution in [0.25, 0.3) is 0 Å². The van der Waals surface area contributed by atoms with Crippen molar-refractivity contribution < 1.29 is 0 Å². The second-order valence-electron chi connectivity index (χ2n) is 3.90. The topological polar surface area (TPSA) is 26.0 Å². The van der Waals surface area contributed by atoms with Gasteiger partial charge in [0.05, 0.1) is 0 Å². The average Bonchev–Trinajstić information content (AvgIpc) is 1.85. The van der Waals surface area contributed by atoms with Crippen molar-refractivity contribution in [1.29, 1.82) is 0 Å². The molecule has 0 rings (SSSR count). The van der Waals surface area contributed by atoms with E-state index in [1.54, 1.807) is 0 Å². The van der Waals surface area contributed by atoms with Gasteiger partial charge in [-0.15, -0.1) is 6.58 Å². The minimum Gasteiger partial charge on any atom is -0.403 e. The third kappa shape index (κ3) is 3.61. The first-order valence-corrected chi connectivity index (χ1v) is 4.54. The standard InChI is InChI=1S/C11H21N/c1-6-11(8(2)3)9(4)7-10(5)12/h6,8-9,11H,1,5,7,12H2,2-4H3. The molecule has 0 aromatic carbocycles. The molecule has 12 heavy (non-hydrogen) atoms. The van der Waals surface area contributed by atoms with Crippen LogP contribution >= 0.6 is 0 Å². The molecular weight excluding hydrogens is 146 g/mol. The molecule has 2 unspecified atom stereocenters. The van der Waals surface area contributed by atoms with Crippen LogP contribution in [0.15, 0.2) is 24.9 Å². The van der Waals surface area contributed by atoms with Crippen LogP contribution in [0.4, 0.5) is 0 Å². The minimum absolute atomic E-state index is 0.547. The molecule has 0 spiro atoms. The lowest BCUT2D eigenvalue weighted by Gasteiger charge is -2.24. The number of rotatable bonds is 5. The molecule has 0 aromatic heterocycles. The van der Waals surface area contributed by atoms with Crippen molar-refractivity contribution in [3.63, 3.8) is 0 Å². The van der Waals surface area contributed by atoms with E-state index in [-0.39, 0.29) is 0 Å². The summed E-state index contributed by atoms with van der Waals surface area (Å²) in [7, 11) is 0. The maximum Gasteiger partial charge on any atom is 0.00103 e. The Bertz CT molecular complexity index is 158. The molecule has 0 saturated carbocycles. The van der Waals surface area contributed by atoms with Crippen LogP contribution in [0.1, 0.15) is 27.2 Å². The molecule has 0 aromatic rings. The van der Waals surface area contributed by atoms with Gasteiger partial charge in [-0.25, -0.2) is 0 Å². The van der Waals surface area contributed by atoms with Crippen molar-refractivity contribution in [3.8, 4) is 0 Å². The molecule has 2 N–H and O–H groups in total. The van der Waals surface area contributed by atoms with Gasteiger partial charge in [0.15, 0.2) is 0 Å². The lowest BCUT2D eigenvalue weighted by Crippen LogP contribution is -2.17. The predicted octanol–water partition coefficient (Wildman–Crippen LogP) is 2.94. The van der Waals surface area contributed by atoms with Gasteiger partial charge in [0.1, 0.15) is 0 Å². The molecule has 0 aliphatic rings. The molecule has 0 amide bonds. The summed E-state index contributed by atoms with van der Waals surface area (Å²) in [6.45, 7) is 14.2. The van der Waals surface area contributed by atoms with E-state index in [0.717, 1.165) is 12.1 Å². The Morgan fingerprint density at radius 1 is 1.42 bits per heavy atom. The zero-order valence-electron chi connectivity index (χ0n) is 8.51. The summed E-state index contributed by atoms with van der Waals surface area (Å²) in [5.41, 5.74) is 6.33. The number of hydrogen-bond donors (Lipinski definition) is 1. The van der Waals surface area contributed by atoms with Gasteiger partial charge in [-0.2, -0.15) is 0 Å². The highest BCUT2D eigenvalue weighted by Gasteiger charge is 2.17. The van der Waals surface area contributed by atoms with E-state index in [2.05, 4.69) is 33.9 Å². The number of allylic oxidation sites excluding steroid dienone is 2. The highest BCUT2D eigenvalue weighted by atomic mass is 14.6. The van der Waals surface area contributed by atoms with Crippen molar-refractivity contribution in [2.75, 3.05) is 0 Å². The van der Waals surface area contributed by atoms with E-state index >= 15 is 0 Å². The van der Waals surface area contributed by atoms with Gasteiger partial charge in [0.2, 0.25) is 0 Å². The van der Waals surface area contributed by atoms with Crippen molar-refractivity contribution in [1.82, 2.24) is 0 Å². The van der Waals surface area contributed by atoms with Gasteiger partial charge in [-0.1, -0.05) is 33.4 Å². The summed E-state index contributed by atoms with van der Waals surface area (Å²) in [6.07, 6.45) is 2.92. The second kappa shape index (κ2) is 5.02. The third-order valence-corrected chi connectivity index (χ3v) is 2.28. The van der Waals surface area contributed by atoms with E-state index in [9.17, 15) is 0 Å². The Morgan fingerprint density at radius 3 is 2.17 bits per heavy atom. The quantitative estimate of drug-likeness (QED) is 0.626. The van der Waals surface area contributed by atoms with Crippen molar-refractivity contribution in [2.24, 2.45) is 23.5 Å². The molecule has 0 bridgehead atoms. The third-order valence-electron chi connectivity index (χ3n) is 2.28. The monoisotopic (exact) mass is 167 g/mol. The van der Waals surface area contributed by atoms with E-state index in [1.807, 2.05) is 6.08 Å². The van der Waals surface area contributed by atoms with Gasteiger partial charge in [-0.3, -0.25) is 0 Å². The molecule has 1 heteroatoms. The van der Waals surface area contributed by atoms with E-state index in [4.69, 9.17) is 5.73 Å². The van der Waals surface area contributed by atoms with Crippen molar-refractivity contribution in [2.45, 2.75) is 27.2 Å². The van der Waals surface area contributed by atoms with E-state index < -0.39 is 0 Å². The Kier molecular flexibility index (Phi) is 4.72. The molecular formula is C11H21N. The van der Waals surface area contributed by atoms with Crippen LogP contribution in [-0.4, -0.2) is 0 Å². The zero-order chi connectivity index (χ0) is 9.72. The highest BCUT2D eigenvalue weighted by Crippen LogP contribution is 2.25. The van der Waals surface area contributed by atoms with Gasteiger partial charge in [0, 0.05) is 5.70 Å². The summed E-state index contributed by atoms with van der Waals surface area (Å²) in [5.74, 6) is 1.74. The van der Waals surface area contributed by atoms with Crippen LogP contribution in [0.5, 0.6) is 0 Å². The Labute approximate surface area is 76.3 Å². The van der Waals surface area contributed by atoms with Gasteiger partial charge >= 0.3 is 0 Å². The normalized spacial score (nSPS) is 15.7. The minimum atomic E-state index is 0.547. The zero-order valence-corrected chi connectivity index (χ0v) is 8.51. The largest absolute Gasteiger partial charge is 0.403 e. The molecule has 0 radical (unpaired) electrons. The summed E-state index contributed by atoms with van der Waals surface area (Å²) in [6, 6.07) is 0. The molecule has 0 aliphatic heterocycles. The molecule has 1 nitrogen and oxygen atoms in total. The first kappa shape index (κ1) is 11.3. The molecule has 0 aliphatic carbocycles. The molecule has 0 fully saturated rings. The summed E-state index contributed by atoms with van der Waals surface area (Å²) >= 11 is 0. The van der Waals surface area contributed by atoms with Gasteiger partial charge < -0.3 is 5.73 Å². The van der Waals surface area contributed by atoms with Crippen LogP contribution in [0, 0.1) is 17.8 Å². The Hall–Kier alpha value is -0.720. The lowest BCUT2D eigenvalue weighted by molar-refractivity contribution is 0.331.